The van der Waals surface area contributed by atoms with Gasteiger partial charge in [0.05, 0.1) is 19.8 Å². The van der Waals surface area contributed by atoms with Gasteiger partial charge in [-0.25, -0.2) is 9.97 Å². The fourth-order valence-electron chi connectivity index (χ4n) is 1.51. The second-order valence-electron chi connectivity index (χ2n) is 4.53. The SMILES string of the molecule is CCCc1nc(Cl)c(C)c(NC(CO)(CO)CO)n1. The molecular weight excluding hydrogens is 270 g/mol. The summed E-state index contributed by atoms with van der Waals surface area (Å²) in [6, 6.07) is 0. The second-order valence-corrected chi connectivity index (χ2v) is 4.89. The molecular formula is C12H20ClN3O3. The quantitative estimate of drug-likeness (QED) is 0.546. The van der Waals surface area contributed by atoms with Gasteiger partial charge in [0.15, 0.2) is 0 Å². The van der Waals surface area contributed by atoms with Gasteiger partial charge in [-0.1, -0.05) is 18.5 Å². The summed E-state index contributed by atoms with van der Waals surface area (Å²) >= 11 is 6.03. The number of halogens is 1. The van der Waals surface area contributed by atoms with Crippen LogP contribution in [0.2, 0.25) is 5.15 Å². The zero-order valence-corrected chi connectivity index (χ0v) is 11.9. The zero-order valence-electron chi connectivity index (χ0n) is 11.1. The maximum atomic E-state index is 9.31. The topological polar surface area (TPSA) is 98.5 Å². The third kappa shape index (κ3) is 3.76. The molecule has 0 spiro atoms. The highest BCUT2D eigenvalue weighted by Crippen LogP contribution is 2.23. The summed E-state index contributed by atoms with van der Waals surface area (Å²) in [4.78, 5) is 8.47. The summed E-state index contributed by atoms with van der Waals surface area (Å²) in [5, 5.41) is 31.1. The Kier molecular flexibility index (Phi) is 5.93. The highest BCUT2D eigenvalue weighted by Gasteiger charge is 2.29. The molecule has 1 aromatic rings. The van der Waals surface area contributed by atoms with Gasteiger partial charge in [0, 0.05) is 12.0 Å². The van der Waals surface area contributed by atoms with Crippen molar-refractivity contribution >= 4 is 17.4 Å². The van der Waals surface area contributed by atoms with E-state index in [1.807, 2.05) is 6.92 Å². The Balaban J connectivity index is 3.11. The van der Waals surface area contributed by atoms with Crippen molar-refractivity contribution in [2.24, 2.45) is 0 Å². The lowest BCUT2D eigenvalue weighted by atomic mass is 10.0. The van der Waals surface area contributed by atoms with Crippen LogP contribution in [0.5, 0.6) is 0 Å². The first-order valence-electron chi connectivity index (χ1n) is 6.15. The van der Waals surface area contributed by atoms with Crippen LogP contribution >= 0.6 is 11.6 Å². The highest BCUT2D eigenvalue weighted by molar-refractivity contribution is 6.30. The van der Waals surface area contributed by atoms with Gasteiger partial charge >= 0.3 is 0 Å². The van der Waals surface area contributed by atoms with Gasteiger partial charge in [0.1, 0.15) is 22.3 Å². The molecule has 0 saturated heterocycles. The molecule has 0 bridgehead atoms. The first-order chi connectivity index (χ1) is 9.01. The molecule has 4 N–H and O–H groups in total. The number of aliphatic hydroxyl groups excluding tert-OH is 3. The molecule has 1 rings (SSSR count). The molecule has 6 nitrogen and oxygen atoms in total. The Morgan fingerprint density at radius 2 is 1.74 bits per heavy atom. The van der Waals surface area contributed by atoms with Gasteiger partial charge < -0.3 is 20.6 Å². The van der Waals surface area contributed by atoms with Gasteiger partial charge in [-0.3, -0.25) is 0 Å². The van der Waals surface area contributed by atoms with Crippen molar-refractivity contribution in [3.63, 3.8) is 0 Å². The summed E-state index contributed by atoms with van der Waals surface area (Å²) in [5.74, 6) is 1.00. The minimum absolute atomic E-state index is 0.323. The van der Waals surface area contributed by atoms with Crippen LogP contribution in [0, 0.1) is 6.92 Å². The minimum Gasteiger partial charge on any atom is -0.394 e. The van der Waals surface area contributed by atoms with Crippen LogP contribution in [0.25, 0.3) is 0 Å². The van der Waals surface area contributed by atoms with E-state index in [1.165, 1.54) is 0 Å². The predicted octanol–water partition coefficient (Wildman–Crippen LogP) is 0.519. The van der Waals surface area contributed by atoms with Gasteiger partial charge in [-0.15, -0.1) is 0 Å². The Bertz CT molecular complexity index is 417. The zero-order chi connectivity index (χ0) is 14.5. The first-order valence-corrected chi connectivity index (χ1v) is 6.53. The number of nitrogens with zero attached hydrogens (tertiary/aromatic N) is 2. The normalized spacial score (nSPS) is 11.7. The fourth-order valence-corrected chi connectivity index (χ4v) is 1.70. The van der Waals surface area contributed by atoms with E-state index in [2.05, 4.69) is 15.3 Å². The molecule has 108 valence electrons. The van der Waals surface area contributed by atoms with E-state index >= 15 is 0 Å². The van der Waals surface area contributed by atoms with Gasteiger partial charge in [-0.2, -0.15) is 0 Å². The molecule has 0 aliphatic heterocycles. The van der Waals surface area contributed by atoms with Gasteiger partial charge in [-0.05, 0) is 13.3 Å². The number of rotatable bonds is 7. The van der Waals surface area contributed by atoms with Crippen molar-refractivity contribution in [1.82, 2.24) is 9.97 Å². The summed E-state index contributed by atoms with van der Waals surface area (Å²) in [6.07, 6.45) is 1.56. The van der Waals surface area contributed by atoms with Crippen molar-refractivity contribution in [2.75, 3.05) is 25.1 Å². The Morgan fingerprint density at radius 3 is 2.21 bits per heavy atom. The molecule has 0 unspecified atom stereocenters. The summed E-state index contributed by atoms with van der Waals surface area (Å²) in [5.41, 5.74) is -0.618. The maximum absolute atomic E-state index is 9.31. The molecule has 0 radical (unpaired) electrons. The number of hydrogen-bond donors (Lipinski definition) is 4. The van der Waals surface area contributed by atoms with E-state index in [0.29, 0.717) is 28.8 Å². The van der Waals surface area contributed by atoms with E-state index < -0.39 is 25.4 Å². The number of aryl methyl sites for hydroxylation is 1. The molecule has 0 saturated carbocycles. The van der Waals surface area contributed by atoms with Gasteiger partial charge in [0.2, 0.25) is 0 Å². The number of hydrogen-bond acceptors (Lipinski definition) is 6. The molecule has 7 heteroatoms. The summed E-state index contributed by atoms with van der Waals surface area (Å²) in [6.45, 7) is 2.46. The lowest BCUT2D eigenvalue weighted by Gasteiger charge is -2.30. The standard InChI is InChI=1S/C12H20ClN3O3/c1-3-4-9-14-10(13)8(2)11(15-9)16-12(5-17,6-18)7-19/h17-19H,3-7H2,1-2H3,(H,14,15,16). The Labute approximate surface area is 117 Å². The van der Waals surface area contributed by atoms with Crippen molar-refractivity contribution in [2.45, 2.75) is 32.2 Å². The number of aromatic nitrogens is 2. The molecule has 19 heavy (non-hydrogen) atoms. The lowest BCUT2D eigenvalue weighted by molar-refractivity contribution is 0.0830. The van der Waals surface area contributed by atoms with Crippen molar-refractivity contribution in [3.8, 4) is 0 Å². The number of aliphatic hydroxyl groups is 3. The molecule has 1 heterocycles. The van der Waals surface area contributed by atoms with Gasteiger partial charge in [0.25, 0.3) is 0 Å². The molecule has 0 amide bonds. The average molecular weight is 290 g/mol. The van der Waals surface area contributed by atoms with Crippen LogP contribution in [0.4, 0.5) is 5.82 Å². The van der Waals surface area contributed by atoms with Crippen molar-refractivity contribution in [1.29, 1.82) is 0 Å². The Morgan fingerprint density at radius 1 is 1.16 bits per heavy atom. The second kappa shape index (κ2) is 7.00. The fraction of sp³-hybridized carbons (Fsp3) is 0.667. The smallest absolute Gasteiger partial charge is 0.137 e. The third-order valence-electron chi connectivity index (χ3n) is 2.90. The maximum Gasteiger partial charge on any atom is 0.137 e. The van der Waals surface area contributed by atoms with Crippen LogP contribution < -0.4 is 5.32 Å². The van der Waals surface area contributed by atoms with Crippen LogP contribution in [-0.4, -0.2) is 50.6 Å². The number of nitrogens with one attached hydrogen (secondary N) is 1. The highest BCUT2D eigenvalue weighted by atomic mass is 35.5. The van der Waals surface area contributed by atoms with Crippen LogP contribution in [0.1, 0.15) is 24.7 Å². The Hall–Kier alpha value is -0.950. The molecule has 0 fully saturated rings. The molecule has 1 aromatic heterocycles. The van der Waals surface area contributed by atoms with Crippen LogP contribution in [0.3, 0.4) is 0 Å². The van der Waals surface area contributed by atoms with Crippen molar-refractivity contribution < 1.29 is 15.3 Å². The molecule has 0 aliphatic rings. The molecule has 0 atom stereocenters. The van der Waals surface area contributed by atoms with E-state index in [-0.39, 0.29) is 0 Å². The number of anilines is 1. The average Bonchev–Trinajstić information content (AvgIpc) is 2.42. The lowest BCUT2D eigenvalue weighted by Crippen LogP contribution is -2.49. The summed E-state index contributed by atoms with van der Waals surface area (Å²) < 4.78 is 0. The predicted molar refractivity (Wildman–Crippen MR) is 73.4 cm³/mol. The molecule has 0 aromatic carbocycles. The summed E-state index contributed by atoms with van der Waals surface area (Å²) in [7, 11) is 0. The monoisotopic (exact) mass is 289 g/mol. The van der Waals surface area contributed by atoms with E-state index in [9.17, 15) is 15.3 Å². The largest absolute Gasteiger partial charge is 0.394 e. The first kappa shape index (κ1) is 16.1. The third-order valence-corrected chi connectivity index (χ3v) is 3.27. The molecule has 0 aliphatic carbocycles. The van der Waals surface area contributed by atoms with Crippen LogP contribution in [-0.2, 0) is 6.42 Å². The van der Waals surface area contributed by atoms with E-state index in [1.54, 1.807) is 6.92 Å². The van der Waals surface area contributed by atoms with Crippen molar-refractivity contribution in [3.05, 3.63) is 16.5 Å². The minimum atomic E-state index is -1.23. The van der Waals surface area contributed by atoms with E-state index in [0.717, 1.165) is 6.42 Å². The van der Waals surface area contributed by atoms with Crippen LogP contribution in [0.15, 0.2) is 0 Å². The van der Waals surface area contributed by atoms with E-state index in [4.69, 9.17) is 11.6 Å².